The van der Waals surface area contributed by atoms with Crippen LogP contribution in [0, 0.1) is 85.9 Å². The Balaban J connectivity index is -0.00000101. The van der Waals surface area contributed by atoms with Crippen LogP contribution in [0.1, 0.15) is 86.2 Å². The second kappa shape index (κ2) is 14.5. The van der Waals surface area contributed by atoms with Crippen LogP contribution in [0.2, 0.25) is 0 Å². The van der Waals surface area contributed by atoms with Gasteiger partial charge in [0.1, 0.15) is 5.41 Å². The van der Waals surface area contributed by atoms with E-state index in [4.69, 9.17) is 12.8 Å². The molecule has 2 aliphatic carbocycles. The highest BCUT2D eigenvalue weighted by Gasteiger charge is 2.44. The van der Waals surface area contributed by atoms with Crippen molar-refractivity contribution in [2.75, 3.05) is 0 Å². The van der Waals surface area contributed by atoms with Gasteiger partial charge in [-0.3, -0.25) is 0 Å². The molecule has 0 N–H and O–H groups in total. The maximum atomic E-state index is 5.42. The van der Waals surface area contributed by atoms with Crippen molar-refractivity contribution in [3.05, 3.63) is 131 Å². The number of allylic oxidation sites excluding steroid dienone is 2. The number of hydrogen-bond donors (Lipinski definition) is 0. The van der Waals surface area contributed by atoms with Crippen molar-refractivity contribution in [1.82, 2.24) is 0 Å². The van der Waals surface area contributed by atoms with Gasteiger partial charge in [0.2, 0.25) is 0 Å². The van der Waals surface area contributed by atoms with Crippen molar-refractivity contribution in [2.45, 2.75) is 63.2 Å². The highest BCUT2D eigenvalue weighted by Crippen LogP contribution is 2.56. The maximum absolute atomic E-state index is 5.42. The van der Waals surface area contributed by atoms with E-state index in [9.17, 15) is 0 Å². The van der Waals surface area contributed by atoms with Gasteiger partial charge in [-0.05, 0) is 168 Å². The first kappa shape index (κ1) is 33.6. The lowest BCUT2D eigenvalue weighted by atomic mass is 9.70. The molecular weight excluding hydrogens is 601 g/mol. The molecule has 4 aromatic rings. The molecule has 4 aromatic carbocycles. The normalized spacial score (nSPS) is 12.9. The Morgan fingerprint density at radius 3 is 1.48 bits per heavy atom. The molecule has 0 nitrogen and oxygen atoms in total. The van der Waals surface area contributed by atoms with E-state index < -0.39 is 5.41 Å². The van der Waals surface area contributed by atoms with Gasteiger partial charge in [-0.2, -0.15) is 0 Å². The summed E-state index contributed by atoms with van der Waals surface area (Å²) in [5, 5.41) is 0. The summed E-state index contributed by atoms with van der Waals surface area (Å²) in [5.41, 5.74) is 13.3. The van der Waals surface area contributed by atoms with Crippen LogP contribution < -0.4 is 0 Å². The smallest absolute Gasteiger partial charge is 0.106 e. The largest absolute Gasteiger partial charge is 0.145 e. The minimum atomic E-state index is -0.969. The van der Waals surface area contributed by atoms with Crippen LogP contribution in [-0.4, -0.2) is 0 Å². The Hall–Kier alpha value is -6.28. The Bertz CT molecular complexity index is 2360. The molecule has 0 aliphatic heterocycles. The topological polar surface area (TPSA) is 0 Å². The SMILES string of the molecule is C#CC#CC#CC1(C#CC#CC#C)c2cc(C)ccc2-c2ccc(-c3ccc4c(c3)C(CCCC=C)(CCCC=C)c3cc(C)ccc3-4)cc21.[HH].[HH].[HH].[HH].[HH].[HH].[HH].[HH].[HH].[HH]. The standard InChI is InChI=1S/C50H38.10H2/c1-7-11-15-19-31-50(32-20-16-12-8-2)46-34-38(6)22-26-42(46)44-28-24-40(36-48(44)50)39-23-27-43-41-25-21-37(5)33-45(41)49(47(43)35-39,29-17-13-9-3)30-18-14-10-4;;;;;;;;;;/h1-2,9-10,21-28,33-36H,3-4,13-14,17-18,29-30H2,5-6H3;10*1H. The summed E-state index contributed by atoms with van der Waals surface area (Å²) in [6.45, 7) is 12.3. The molecule has 50 heavy (non-hydrogen) atoms. The van der Waals surface area contributed by atoms with E-state index in [2.05, 4.69) is 159 Å². The molecule has 0 saturated heterocycles. The fraction of sp³-hybridized carbons (Fsp3) is 0.200. The van der Waals surface area contributed by atoms with Gasteiger partial charge >= 0.3 is 0 Å². The molecule has 0 amide bonds. The number of benzene rings is 4. The lowest BCUT2D eigenvalue weighted by molar-refractivity contribution is 0.422. The van der Waals surface area contributed by atoms with Crippen molar-refractivity contribution in [3.63, 3.8) is 0 Å². The summed E-state index contributed by atoms with van der Waals surface area (Å²) in [5.74, 6) is 28.5. The first-order valence-corrected chi connectivity index (χ1v) is 17.1. The number of terminal acetylenes is 2. The summed E-state index contributed by atoms with van der Waals surface area (Å²) in [6, 6.07) is 27.1. The average molecular weight is 659 g/mol. The van der Waals surface area contributed by atoms with E-state index in [0.29, 0.717) is 0 Å². The summed E-state index contributed by atoms with van der Waals surface area (Å²) < 4.78 is 0. The first-order valence-electron chi connectivity index (χ1n) is 17.1. The Morgan fingerprint density at radius 1 is 0.560 bits per heavy atom. The minimum Gasteiger partial charge on any atom is -0.106 e. The van der Waals surface area contributed by atoms with E-state index >= 15 is 0 Å². The van der Waals surface area contributed by atoms with Gasteiger partial charge in [-0.25, -0.2) is 0 Å². The minimum absolute atomic E-state index is 0. The van der Waals surface area contributed by atoms with Gasteiger partial charge in [0.15, 0.2) is 0 Å². The number of unbranched alkanes of at least 4 members (excludes halogenated alkanes) is 2. The van der Waals surface area contributed by atoms with Crippen molar-refractivity contribution in [3.8, 4) is 105 Å². The monoisotopic (exact) mass is 658 g/mol. The molecule has 0 atom stereocenters. The van der Waals surface area contributed by atoms with Crippen LogP contribution in [0.15, 0.2) is 98.1 Å². The summed E-state index contributed by atoms with van der Waals surface area (Å²) in [7, 11) is 0. The van der Waals surface area contributed by atoms with E-state index in [-0.39, 0.29) is 19.7 Å². The molecule has 0 heteroatoms. The van der Waals surface area contributed by atoms with Gasteiger partial charge in [0.05, 0.1) is 0 Å². The van der Waals surface area contributed by atoms with E-state index in [0.717, 1.165) is 77.5 Å². The van der Waals surface area contributed by atoms with Gasteiger partial charge in [-0.1, -0.05) is 95.8 Å². The van der Waals surface area contributed by atoms with Crippen molar-refractivity contribution >= 4 is 0 Å². The molecule has 0 fully saturated rings. The predicted molar refractivity (Wildman–Crippen MR) is 232 cm³/mol. The van der Waals surface area contributed by atoms with E-state index in [1.165, 1.54) is 27.8 Å². The lowest BCUT2D eigenvalue weighted by Crippen LogP contribution is -2.25. The number of rotatable bonds is 9. The molecule has 0 saturated carbocycles. The molecule has 0 radical (unpaired) electrons. The van der Waals surface area contributed by atoms with E-state index in [1.807, 2.05) is 12.2 Å². The van der Waals surface area contributed by atoms with Crippen molar-refractivity contribution in [1.29, 1.82) is 0 Å². The summed E-state index contributed by atoms with van der Waals surface area (Å²) >= 11 is 0. The van der Waals surface area contributed by atoms with Gasteiger partial charge in [0, 0.05) is 19.7 Å². The molecule has 0 bridgehead atoms. The molecule has 258 valence electrons. The van der Waals surface area contributed by atoms with Gasteiger partial charge < -0.3 is 0 Å². The fourth-order valence-electron chi connectivity index (χ4n) is 7.85. The Kier molecular flexibility index (Phi) is 9.72. The maximum Gasteiger partial charge on any atom is 0.145 e. The van der Waals surface area contributed by atoms with Crippen LogP contribution >= 0.6 is 0 Å². The molecule has 0 spiro atoms. The molecule has 6 rings (SSSR count). The Morgan fingerprint density at radius 2 is 0.980 bits per heavy atom. The average Bonchev–Trinajstić information content (AvgIpc) is 3.54. The quantitative estimate of drug-likeness (QED) is 0.0954. The zero-order valence-corrected chi connectivity index (χ0v) is 28.9. The fourth-order valence-corrected chi connectivity index (χ4v) is 7.85. The number of fused-ring (bicyclic) bond motifs is 6. The van der Waals surface area contributed by atoms with Crippen LogP contribution in [0.25, 0.3) is 33.4 Å². The first-order chi connectivity index (χ1) is 24.4. The second-order valence-electron chi connectivity index (χ2n) is 13.1. The molecular formula is C50H58. The third kappa shape index (κ3) is 5.96. The summed E-state index contributed by atoms with van der Waals surface area (Å²) in [6.07, 6.45) is 21.2. The van der Waals surface area contributed by atoms with Crippen LogP contribution in [0.5, 0.6) is 0 Å². The van der Waals surface area contributed by atoms with Crippen molar-refractivity contribution < 1.29 is 14.3 Å². The highest BCUT2D eigenvalue weighted by atomic mass is 14.5. The lowest BCUT2D eigenvalue weighted by Gasteiger charge is -2.33. The van der Waals surface area contributed by atoms with Crippen LogP contribution in [0.3, 0.4) is 0 Å². The molecule has 0 aromatic heterocycles. The zero-order chi connectivity index (χ0) is 35.1. The Labute approximate surface area is 314 Å². The molecule has 0 heterocycles. The third-order valence-corrected chi connectivity index (χ3v) is 10.1. The van der Waals surface area contributed by atoms with Crippen LogP contribution in [0.4, 0.5) is 0 Å². The highest BCUT2D eigenvalue weighted by molar-refractivity contribution is 5.90. The van der Waals surface area contributed by atoms with Crippen molar-refractivity contribution in [2.24, 2.45) is 0 Å². The number of hydrogen-bond acceptors (Lipinski definition) is 0. The molecule has 2 aliphatic rings. The zero-order valence-electron chi connectivity index (χ0n) is 28.9. The van der Waals surface area contributed by atoms with Crippen LogP contribution in [-0.2, 0) is 10.8 Å². The summed E-state index contributed by atoms with van der Waals surface area (Å²) in [4.78, 5) is 0. The van der Waals surface area contributed by atoms with E-state index in [1.54, 1.807) is 0 Å². The van der Waals surface area contributed by atoms with Gasteiger partial charge in [0.25, 0.3) is 0 Å². The van der Waals surface area contributed by atoms with Gasteiger partial charge in [-0.15, -0.1) is 26.0 Å². The predicted octanol–water partition coefficient (Wildman–Crippen LogP) is 13.0. The third-order valence-electron chi connectivity index (χ3n) is 10.1. The number of aryl methyl sites for hydroxylation is 2. The second-order valence-corrected chi connectivity index (χ2v) is 13.1. The molecule has 0 unspecified atom stereocenters.